The minimum absolute atomic E-state index is 0.101. The number of esters is 4. The van der Waals surface area contributed by atoms with E-state index in [1.165, 1.54) is 103 Å². The fraction of sp³-hybridized carbons (Fsp3) is 0.938. The quantitative estimate of drug-likeness (QED) is 0.0222. The summed E-state index contributed by atoms with van der Waals surface area (Å²) in [5.41, 5.74) is 0. The fourth-order valence-electron chi connectivity index (χ4n) is 9.48. The highest BCUT2D eigenvalue weighted by atomic mass is 31.2. The summed E-state index contributed by atoms with van der Waals surface area (Å²) >= 11 is 0. The summed E-state index contributed by atoms with van der Waals surface area (Å²) in [6.45, 7) is 11.6. The maximum absolute atomic E-state index is 13.0. The van der Waals surface area contributed by atoms with Gasteiger partial charge in [-0.2, -0.15) is 0 Å². The molecule has 0 aromatic carbocycles. The number of aliphatic hydroxyl groups excluding tert-OH is 1. The average molecular weight is 1230 g/mol. The Hall–Kier alpha value is -1.94. The van der Waals surface area contributed by atoms with Gasteiger partial charge < -0.3 is 33.8 Å². The molecule has 0 aliphatic rings. The van der Waals surface area contributed by atoms with Gasteiger partial charge >= 0.3 is 39.5 Å². The van der Waals surface area contributed by atoms with Gasteiger partial charge in [0.05, 0.1) is 26.4 Å². The Morgan fingerprint density at radius 1 is 0.325 bits per heavy atom. The van der Waals surface area contributed by atoms with Crippen LogP contribution in [0.15, 0.2) is 0 Å². The number of carbonyl (C=O) groups excluding carboxylic acids is 4. The molecular weight excluding hydrogens is 1100 g/mol. The zero-order valence-corrected chi connectivity index (χ0v) is 55.4. The third kappa shape index (κ3) is 58.8. The predicted octanol–water partition coefficient (Wildman–Crippen LogP) is 17.5. The van der Waals surface area contributed by atoms with Gasteiger partial charge in [-0.15, -0.1) is 0 Å². The van der Waals surface area contributed by atoms with Gasteiger partial charge in [0.2, 0.25) is 0 Å². The van der Waals surface area contributed by atoms with Crippen molar-refractivity contribution in [2.24, 2.45) is 17.8 Å². The van der Waals surface area contributed by atoms with E-state index < -0.39 is 97.5 Å². The molecule has 0 rings (SSSR count). The molecule has 3 N–H and O–H groups in total. The van der Waals surface area contributed by atoms with Crippen LogP contribution in [0.2, 0.25) is 0 Å². The first-order valence-electron chi connectivity index (χ1n) is 33.3. The predicted molar refractivity (Wildman–Crippen MR) is 331 cm³/mol. The number of aliphatic hydroxyl groups is 1. The van der Waals surface area contributed by atoms with E-state index in [9.17, 15) is 43.2 Å². The molecule has 0 aromatic rings. The van der Waals surface area contributed by atoms with E-state index >= 15 is 0 Å². The van der Waals surface area contributed by atoms with Crippen LogP contribution in [0.5, 0.6) is 0 Å². The number of hydrogen-bond acceptors (Lipinski definition) is 15. The number of hydrogen-bond donors (Lipinski definition) is 3. The van der Waals surface area contributed by atoms with Crippen molar-refractivity contribution < 1.29 is 80.2 Å². The van der Waals surface area contributed by atoms with Crippen molar-refractivity contribution in [3.05, 3.63) is 0 Å². The molecule has 5 atom stereocenters. The second kappa shape index (κ2) is 55.4. The third-order valence-corrected chi connectivity index (χ3v) is 16.5. The zero-order valence-electron chi connectivity index (χ0n) is 53.6. The lowest BCUT2D eigenvalue weighted by atomic mass is 10.0. The lowest BCUT2D eigenvalue weighted by Crippen LogP contribution is -2.30. The summed E-state index contributed by atoms with van der Waals surface area (Å²) in [6.07, 6.45) is 36.7. The van der Waals surface area contributed by atoms with E-state index in [4.69, 9.17) is 37.0 Å². The highest BCUT2D eigenvalue weighted by Gasteiger charge is 2.30. The molecule has 0 saturated carbocycles. The van der Waals surface area contributed by atoms with Gasteiger partial charge in [-0.05, 0) is 43.4 Å². The molecule has 0 heterocycles. The van der Waals surface area contributed by atoms with Crippen molar-refractivity contribution in [2.45, 2.75) is 330 Å². The Balaban J connectivity index is 5.15. The van der Waals surface area contributed by atoms with Gasteiger partial charge in [-0.1, -0.05) is 260 Å². The van der Waals surface area contributed by atoms with E-state index in [0.29, 0.717) is 37.5 Å². The van der Waals surface area contributed by atoms with Gasteiger partial charge in [-0.25, -0.2) is 9.13 Å². The molecule has 0 aromatic heterocycles. The standard InChI is InChI=1S/C64H124O17P2/c1-8-9-10-11-21-31-38-45-61(66)74-51-60(81-64(69)48-41-34-27-25-30-37-44-57(6)7)54-79-83(72,73)77-50-58(65)49-76-82(70,71)78-53-59(52-75-62(67)46-39-32-26-24-29-36-43-56(4)5)80-63(68)47-40-33-23-20-18-16-14-12-13-15-17-19-22-28-35-42-55(2)3/h55-60,65H,8-54H2,1-7H3,(H,70,71)(H,72,73)/t58-,59-,60-/m1/s1. The average Bonchev–Trinajstić information content (AvgIpc) is 3.46. The molecule has 0 saturated heterocycles. The van der Waals surface area contributed by atoms with Crippen LogP contribution in [0.3, 0.4) is 0 Å². The monoisotopic (exact) mass is 1230 g/mol. The van der Waals surface area contributed by atoms with Crippen LogP contribution in [0.25, 0.3) is 0 Å². The normalized spacial score (nSPS) is 14.4. The lowest BCUT2D eigenvalue weighted by Gasteiger charge is -2.21. The third-order valence-electron chi connectivity index (χ3n) is 14.6. The van der Waals surface area contributed by atoms with Crippen molar-refractivity contribution in [1.82, 2.24) is 0 Å². The largest absolute Gasteiger partial charge is 0.472 e. The number of phosphoric acid groups is 2. The summed E-state index contributed by atoms with van der Waals surface area (Å²) in [7, 11) is -9.88. The van der Waals surface area contributed by atoms with Crippen molar-refractivity contribution in [3.8, 4) is 0 Å². The first kappa shape index (κ1) is 81.1. The number of unbranched alkanes of at least 4 members (excludes halogenated alkanes) is 30. The zero-order chi connectivity index (χ0) is 61.7. The van der Waals surface area contributed by atoms with Gasteiger partial charge in [-0.3, -0.25) is 37.3 Å². The van der Waals surface area contributed by atoms with Crippen LogP contribution in [0, 0.1) is 17.8 Å². The van der Waals surface area contributed by atoms with Crippen LogP contribution in [0.4, 0.5) is 0 Å². The molecule has 0 spiro atoms. The SMILES string of the molecule is CCCCCCCCCC(=O)OC[C@H](COP(=O)(O)OC[C@H](O)COP(=O)(O)OC[C@@H](COC(=O)CCCCCCCCC(C)C)OC(=O)CCCCCCCCCCCCCCCCCC(C)C)OC(=O)CCCCCCCCC(C)C. The Morgan fingerprint density at radius 2 is 0.554 bits per heavy atom. The number of rotatable bonds is 62. The summed E-state index contributed by atoms with van der Waals surface area (Å²) in [4.78, 5) is 72.0. The van der Waals surface area contributed by atoms with Gasteiger partial charge in [0, 0.05) is 25.7 Å². The lowest BCUT2D eigenvalue weighted by molar-refractivity contribution is -0.161. The molecule has 0 fully saturated rings. The molecule has 0 radical (unpaired) electrons. The minimum Gasteiger partial charge on any atom is -0.462 e. The molecule has 0 bridgehead atoms. The summed E-state index contributed by atoms with van der Waals surface area (Å²) < 4.78 is 67.8. The van der Waals surface area contributed by atoms with E-state index in [1.807, 2.05) is 0 Å². The van der Waals surface area contributed by atoms with Crippen LogP contribution >= 0.6 is 15.6 Å². The molecule has 0 aliphatic heterocycles. The van der Waals surface area contributed by atoms with E-state index in [1.54, 1.807) is 0 Å². The van der Waals surface area contributed by atoms with Gasteiger partial charge in [0.1, 0.15) is 19.3 Å². The number of carbonyl (C=O) groups is 4. The van der Waals surface area contributed by atoms with Crippen LogP contribution in [0.1, 0.15) is 312 Å². The number of phosphoric ester groups is 2. The summed E-state index contributed by atoms with van der Waals surface area (Å²) in [6, 6.07) is 0. The molecule has 2 unspecified atom stereocenters. The van der Waals surface area contributed by atoms with Gasteiger partial charge in [0.15, 0.2) is 12.2 Å². The van der Waals surface area contributed by atoms with Crippen molar-refractivity contribution in [2.75, 3.05) is 39.6 Å². The summed E-state index contributed by atoms with van der Waals surface area (Å²) in [5.74, 6) is 0.00573. The van der Waals surface area contributed by atoms with Crippen molar-refractivity contribution in [1.29, 1.82) is 0 Å². The van der Waals surface area contributed by atoms with Crippen molar-refractivity contribution in [3.63, 3.8) is 0 Å². The van der Waals surface area contributed by atoms with E-state index in [0.717, 1.165) is 115 Å². The summed E-state index contributed by atoms with van der Waals surface area (Å²) in [5, 5.41) is 10.5. The smallest absolute Gasteiger partial charge is 0.462 e. The molecule has 492 valence electrons. The highest BCUT2D eigenvalue weighted by molar-refractivity contribution is 7.47. The topological polar surface area (TPSA) is 237 Å². The molecule has 19 heteroatoms. The molecule has 17 nitrogen and oxygen atoms in total. The van der Waals surface area contributed by atoms with Crippen LogP contribution in [-0.2, 0) is 65.4 Å². The van der Waals surface area contributed by atoms with Crippen LogP contribution in [-0.4, -0.2) is 96.7 Å². The molecule has 0 amide bonds. The highest BCUT2D eigenvalue weighted by Crippen LogP contribution is 2.45. The molecule has 83 heavy (non-hydrogen) atoms. The van der Waals surface area contributed by atoms with Gasteiger partial charge in [0.25, 0.3) is 0 Å². The first-order chi connectivity index (χ1) is 39.7. The number of ether oxygens (including phenoxy) is 4. The maximum atomic E-state index is 13.0. The van der Waals surface area contributed by atoms with Crippen molar-refractivity contribution >= 4 is 39.5 Å². The Bertz CT molecular complexity index is 1650. The maximum Gasteiger partial charge on any atom is 0.472 e. The van der Waals surface area contributed by atoms with Crippen LogP contribution < -0.4 is 0 Å². The minimum atomic E-state index is -4.94. The van der Waals surface area contributed by atoms with E-state index in [-0.39, 0.29) is 25.7 Å². The Morgan fingerprint density at radius 3 is 0.819 bits per heavy atom. The second-order valence-electron chi connectivity index (χ2n) is 24.6. The molecule has 0 aliphatic carbocycles. The first-order valence-corrected chi connectivity index (χ1v) is 36.3. The van der Waals surface area contributed by atoms with E-state index in [2.05, 4.69) is 48.5 Å². The Kier molecular flexibility index (Phi) is 54.1. The second-order valence-corrected chi connectivity index (χ2v) is 27.5. The Labute approximate surface area is 505 Å². The molecular formula is C64H124O17P2. The fourth-order valence-corrected chi connectivity index (χ4v) is 11.1.